The Labute approximate surface area is 107 Å². The third-order valence-corrected chi connectivity index (χ3v) is 3.73. The van der Waals surface area contributed by atoms with Gasteiger partial charge in [0.2, 0.25) is 0 Å². The lowest BCUT2D eigenvalue weighted by Gasteiger charge is -2.38. The molecule has 0 aromatic heterocycles. The number of aliphatic hydroxyl groups is 1. The molecule has 17 heavy (non-hydrogen) atoms. The topological polar surface area (TPSA) is 32.3 Å². The van der Waals surface area contributed by atoms with Crippen molar-refractivity contribution in [1.29, 1.82) is 0 Å². The predicted molar refractivity (Wildman–Crippen MR) is 74.1 cm³/mol. The van der Waals surface area contributed by atoms with Gasteiger partial charge in [0.05, 0.1) is 5.60 Å². The van der Waals surface area contributed by atoms with Crippen LogP contribution in [0, 0.1) is 17.8 Å². The van der Waals surface area contributed by atoms with E-state index in [-0.39, 0.29) is 0 Å². The fourth-order valence-corrected chi connectivity index (χ4v) is 3.08. The van der Waals surface area contributed by atoms with Crippen molar-refractivity contribution in [2.24, 2.45) is 17.8 Å². The molecule has 0 spiro atoms. The minimum atomic E-state index is -0.438. The van der Waals surface area contributed by atoms with E-state index in [1.54, 1.807) is 0 Å². The molecule has 0 radical (unpaired) electrons. The zero-order valence-electron chi connectivity index (χ0n) is 12.1. The summed E-state index contributed by atoms with van der Waals surface area (Å²) >= 11 is 0. The second-order valence-corrected chi connectivity index (χ2v) is 6.84. The van der Waals surface area contributed by atoms with Gasteiger partial charge in [0, 0.05) is 6.54 Å². The average Bonchev–Trinajstić information content (AvgIpc) is 2.15. The van der Waals surface area contributed by atoms with E-state index in [9.17, 15) is 5.11 Å². The summed E-state index contributed by atoms with van der Waals surface area (Å²) in [5, 5.41) is 14.0. The Kier molecular flexibility index (Phi) is 5.94. The van der Waals surface area contributed by atoms with Crippen molar-refractivity contribution in [2.75, 3.05) is 13.1 Å². The van der Waals surface area contributed by atoms with Gasteiger partial charge in [0.1, 0.15) is 0 Å². The molecule has 1 aliphatic carbocycles. The molecule has 1 rings (SSSR count). The molecule has 2 nitrogen and oxygen atoms in total. The molecular weight excluding hydrogens is 210 g/mol. The van der Waals surface area contributed by atoms with Gasteiger partial charge in [-0.15, -0.1) is 0 Å². The molecule has 102 valence electrons. The lowest BCUT2D eigenvalue weighted by Crippen LogP contribution is -2.45. The van der Waals surface area contributed by atoms with Crippen molar-refractivity contribution < 1.29 is 5.11 Å². The lowest BCUT2D eigenvalue weighted by molar-refractivity contribution is -0.0184. The Hall–Kier alpha value is -0.0800. The van der Waals surface area contributed by atoms with Crippen LogP contribution in [0.15, 0.2) is 0 Å². The van der Waals surface area contributed by atoms with E-state index in [0.29, 0.717) is 5.92 Å². The van der Waals surface area contributed by atoms with Crippen LogP contribution in [0.2, 0.25) is 0 Å². The first-order chi connectivity index (χ1) is 7.91. The fourth-order valence-electron chi connectivity index (χ4n) is 3.08. The van der Waals surface area contributed by atoms with Gasteiger partial charge < -0.3 is 10.4 Å². The molecular formula is C15H31NO. The van der Waals surface area contributed by atoms with Crippen LogP contribution in [0.3, 0.4) is 0 Å². The predicted octanol–water partition coefficient (Wildman–Crippen LogP) is 3.20. The van der Waals surface area contributed by atoms with Crippen molar-refractivity contribution in [2.45, 2.75) is 65.4 Å². The van der Waals surface area contributed by atoms with Crippen LogP contribution >= 0.6 is 0 Å². The first-order valence-electron chi connectivity index (χ1n) is 7.34. The van der Waals surface area contributed by atoms with Gasteiger partial charge in [0.25, 0.3) is 0 Å². The van der Waals surface area contributed by atoms with Gasteiger partial charge in [-0.2, -0.15) is 0 Å². The van der Waals surface area contributed by atoms with Crippen LogP contribution in [0.25, 0.3) is 0 Å². The van der Waals surface area contributed by atoms with Crippen LogP contribution in [0.5, 0.6) is 0 Å². The van der Waals surface area contributed by atoms with E-state index in [2.05, 4.69) is 33.0 Å². The molecule has 1 fully saturated rings. The first kappa shape index (κ1) is 15.0. The van der Waals surface area contributed by atoms with E-state index < -0.39 is 5.60 Å². The molecule has 0 bridgehead atoms. The zero-order chi connectivity index (χ0) is 12.9. The van der Waals surface area contributed by atoms with Gasteiger partial charge in [-0.3, -0.25) is 0 Å². The first-order valence-corrected chi connectivity index (χ1v) is 7.34. The summed E-state index contributed by atoms with van der Waals surface area (Å²) in [7, 11) is 0. The van der Waals surface area contributed by atoms with Crippen LogP contribution in [0.1, 0.15) is 59.8 Å². The summed E-state index contributed by atoms with van der Waals surface area (Å²) in [6.45, 7) is 10.8. The molecule has 0 aromatic carbocycles. The van der Waals surface area contributed by atoms with E-state index >= 15 is 0 Å². The summed E-state index contributed by atoms with van der Waals surface area (Å²) < 4.78 is 0. The van der Waals surface area contributed by atoms with Crippen molar-refractivity contribution in [3.8, 4) is 0 Å². The SMILES string of the molecule is CC(C)CNCC1(O)CCCC(CC(C)C)C1. The minimum absolute atomic E-state index is 0.438. The van der Waals surface area contributed by atoms with Gasteiger partial charge in [-0.05, 0) is 43.6 Å². The Balaban J connectivity index is 2.35. The van der Waals surface area contributed by atoms with Gasteiger partial charge in [-0.25, -0.2) is 0 Å². The average molecular weight is 241 g/mol. The smallest absolute Gasteiger partial charge is 0.0774 e. The summed E-state index contributed by atoms with van der Waals surface area (Å²) in [4.78, 5) is 0. The van der Waals surface area contributed by atoms with E-state index in [0.717, 1.165) is 37.8 Å². The second kappa shape index (κ2) is 6.75. The van der Waals surface area contributed by atoms with Crippen molar-refractivity contribution >= 4 is 0 Å². The minimum Gasteiger partial charge on any atom is -0.389 e. The normalized spacial score (nSPS) is 30.2. The molecule has 1 saturated carbocycles. The zero-order valence-corrected chi connectivity index (χ0v) is 12.1. The highest BCUT2D eigenvalue weighted by molar-refractivity contribution is 4.88. The van der Waals surface area contributed by atoms with Crippen LogP contribution < -0.4 is 5.32 Å². The maximum Gasteiger partial charge on any atom is 0.0774 e. The van der Waals surface area contributed by atoms with Gasteiger partial charge >= 0.3 is 0 Å². The van der Waals surface area contributed by atoms with Crippen molar-refractivity contribution in [3.05, 3.63) is 0 Å². The summed E-state index contributed by atoms with van der Waals surface area (Å²) in [6, 6.07) is 0. The second-order valence-electron chi connectivity index (χ2n) is 6.84. The van der Waals surface area contributed by atoms with Crippen LogP contribution in [-0.4, -0.2) is 23.8 Å². The quantitative estimate of drug-likeness (QED) is 0.748. The highest BCUT2D eigenvalue weighted by Crippen LogP contribution is 2.35. The van der Waals surface area contributed by atoms with Crippen molar-refractivity contribution in [1.82, 2.24) is 5.32 Å². The van der Waals surface area contributed by atoms with E-state index in [4.69, 9.17) is 0 Å². The number of hydrogen-bond donors (Lipinski definition) is 2. The molecule has 2 atom stereocenters. The molecule has 0 saturated heterocycles. The fraction of sp³-hybridized carbons (Fsp3) is 1.00. The number of hydrogen-bond acceptors (Lipinski definition) is 2. The largest absolute Gasteiger partial charge is 0.389 e. The van der Waals surface area contributed by atoms with Gasteiger partial charge in [-0.1, -0.05) is 40.5 Å². The number of rotatable bonds is 6. The highest BCUT2D eigenvalue weighted by Gasteiger charge is 2.33. The highest BCUT2D eigenvalue weighted by atomic mass is 16.3. The summed E-state index contributed by atoms with van der Waals surface area (Å²) in [5.41, 5.74) is -0.438. The van der Waals surface area contributed by atoms with E-state index in [1.165, 1.54) is 19.3 Å². The molecule has 2 heteroatoms. The van der Waals surface area contributed by atoms with E-state index in [1.807, 2.05) is 0 Å². The maximum atomic E-state index is 10.6. The molecule has 2 N–H and O–H groups in total. The Bertz CT molecular complexity index is 215. The third kappa shape index (κ3) is 5.87. The molecule has 0 heterocycles. The van der Waals surface area contributed by atoms with Gasteiger partial charge in [0.15, 0.2) is 0 Å². The van der Waals surface area contributed by atoms with Crippen LogP contribution in [0.4, 0.5) is 0 Å². The molecule has 1 aliphatic rings. The molecule has 0 aromatic rings. The number of nitrogens with one attached hydrogen (secondary N) is 1. The van der Waals surface area contributed by atoms with Crippen molar-refractivity contribution in [3.63, 3.8) is 0 Å². The maximum absolute atomic E-state index is 10.6. The standard InChI is InChI=1S/C15H31NO/c1-12(2)8-14-6-5-7-15(17,9-14)11-16-10-13(3)4/h12-14,16-17H,5-11H2,1-4H3. The Morgan fingerprint density at radius 3 is 2.53 bits per heavy atom. The summed E-state index contributed by atoms with van der Waals surface area (Å²) in [5.74, 6) is 2.15. The molecule has 0 aliphatic heterocycles. The summed E-state index contributed by atoms with van der Waals surface area (Å²) in [6.07, 6.45) is 5.75. The third-order valence-electron chi connectivity index (χ3n) is 3.73. The van der Waals surface area contributed by atoms with Crippen LogP contribution in [-0.2, 0) is 0 Å². The monoisotopic (exact) mass is 241 g/mol. The Morgan fingerprint density at radius 1 is 1.24 bits per heavy atom. The Morgan fingerprint density at radius 2 is 1.94 bits per heavy atom. The lowest BCUT2D eigenvalue weighted by atomic mass is 9.75. The molecule has 0 amide bonds. The molecule has 2 unspecified atom stereocenters.